The molecule has 0 aromatic heterocycles. The average molecular weight is 234 g/mol. The molecule has 0 radical (unpaired) electrons. The molecule has 0 bridgehead atoms. The molecule has 0 atom stereocenters. The molecule has 2 aliphatic rings. The van der Waals surface area contributed by atoms with Gasteiger partial charge in [-0.2, -0.15) is 0 Å². The SMILES string of the molecule is Cc1cccc2c1-c1ccccc1C21CCCC1. The van der Waals surface area contributed by atoms with Crippen molar-refractivity contribution in [2.24, 2.45) is 0 Å². The lowest BCUT2D eigenvalue weighted by molar-refractivity contribution is 0.550. The van der Waals surface area contributed by atoms with E-state index in [-0.39, 0.29) is 0 Å². The Bertz CT molecular complexity index is 616. The van der Waals surface area contributed by atoms with E-state index >= 15 is 0 Å². The van der Waals surface area contributed by atoms with Crippen molar-refractivity contribution in [2.75, 3.05) is 0 Å². The summed E-state index contributed by atoms with van der Waals surface area (Å²) in [5, 5.41) is 0. The van der Waals surface area contributed by atoms with Gasteiger partial charge in [0.05, 0.1) is 0 Å². The molecule has 0 nitrogen and oxygen atoms in total. The van der Waals surface area contributed by atoms with Gasteiger partial charge in [0, 0.05) is 5.41 Å². The minimum Gasteiger partial charge on any atom is -0.0619 e. The molecule has 0 saturated heterocycles. The zero-order chi connectivity index (χ0) is 12.2. The second-order valence-electron chi connectivity index (χ2n) is 5.83. The van der Waals surface area contributed by atoms with Crippen molar-refractivity contribution in [3.05, 3.63) is 59.2 Å². The fraction of sp³-hybridized carbons (Fsp3) is 0.333. The first-order chi connectivity index (χ1) is 8.83. The summed E-state index contributed by atoms with van der Waals surface area (Å²) in [6, 6.07) is 15.9. The molecule has 0 heteroatoms. The van der Waals surface area contributed by atoms with Crippen molar-refractivity contribution < 1.29 is 0 Å². The third-order valence-corrected chi connectivity index (χ3v) is 4.96. The van der Waals surface area contributed by atoms with E-state index in [4.69, 9.17) is 0 Å². The molecule has 1 spiro atoms. The highest BCUT2D eigenvalue weighted by molar-refractivity contribution is 5.83. The van der Waals surface area contributed by atoms with Crippen LogP contribution in [-0.4, -0.2) is 0 Å². The van der Waals surface area contributed by atoms with Crippen LogP contribution < -0.4 is 0 Å². The summed E-state index contributed by atoms with van der Waals surface area (Å²) in [5.74, 6) is 0. The largest absolute Gasteiger partial charge is 0.0619 e. The van der Waals surface area contributed by atoms with E-state index in [1.54, 1.807) is 11.1 Å². The number of hydrogen-bond acceptors (Lipinski definition) is 0. The Morgan fingerprint density at radius 3 is 2.39 bits per heavy atom. The number of aryl methyl sites for hydroxylation is 1. The molecule has 0 heterocycles. The Morgan fingerprint density at radius 1 is 0.833 bits per heavy atom. The second kappa shape index (κ2) is 3.47. The molecule has 2 aromatic rings. The van der Waals surface area contributed by atoms with Crippen LogP contribution in [0, 0.1) is 6.92 Å². The average Bonchev–Trinajstić information content (AvgIpc) is 2.98. The van der Waals surface area contributed by atoms with Gasteiger partial charge in [-0.25, -0.2) is 0 Å². The molecule has 18 heavy (non-hydrogen) atoms. The van der Waals surface area contributed by atoms with Crippen LogP contribution in [0.25, 0.3) is 11.1 Å². The first kappa shape index (κ1) is 10.4. The van der Waals surface area contributed by atoms with Crippen LogP contribution in [0.2, 0.25) is 0 Å². The van der Waals surface area contributed by atoms with Crippen LogP contribution in [0.3, 0.4) is 0 Å². The van der Waals surface area contributed by atoms with Crippen LogP contribution in [-0.2, 0) is 5.41 Å². The first-order valence-corrected chi connectivity index (χ1v) is 7.03. The van der Waals surface area contributed by atoms with Gasteiger partial charge in [-0.05, 0) is 47.6 Å². The minimum absolute atomic E-state index is 0.345. The lowest BCUT2D eigenvalue weighted by Crippen LogP contribution is -2.20. The van der Waals surface area contributed by atoms with Gasteiger partial charge in [0.2, 0.25) is 0 Å². The van der Waals surface area contributed by atoms with E-state index in [1.807, 2.05) is 0 Å². The van der Waals surface area contributed by atoms with Gasteiger partial charge in [-0.3, -0.25) is 0 Å². The predicted molar refractivity (Wildman–Crippen MR) is 75.9 cm³/mol. The molecule has 90 valence electrons. The highest BCUT2D eigenvalue weighted by Crippen LogP contribution is 2.57. The van der Waals surface area contributed by atoms with Crippen molar-refractivity contribution >= 4 is 0 Å². The molecule has 2 aliphatic carbocycles. The Kier molecular flexibility index (Phi) is 2.00. The van der Waals surface area contributed by atoms with Gasteiger partial charge in [0.1, 0.15) is 0 Å². The van der Waals surface area contributed by atoms with E-state index in [0.29, 0.717) is 5.41 Å². The Morgan fingerprint density at radius 2 is 1.56 bits per heavy atom. The number of fused-ring (bicyclic) bond motifs is 5. The van der Waals surface area contributed by atoms with Gasteiger partial charge < -0.3 is 0 Å². The monoisotopic (exact) mass is 234 g/mol. The fourth-order valence-corrected chi connectivity index (χ4v) is 4.20. The number of hydrogen-bond donors (Lipinski definition) is 0. The molecule has 4 rings (SSSR count). The molecule has 1 fully saturated rings. The van der Waals surface area contributed by atoms with Gasteiger partial charge in [0.15, 0.2) is 0 Å². The van der Waals surface area contributed by atoms with Crippen LogP contribution >= 0.6 is 0 Å². The van der Waals surface area contributed by atoms with Crippen molar-refractivity contribution in [3.8, 4) is 11.1 Å². The summed E-state index contributed by atoms with van der Waals surface area (Å²) in [5.41, 5.74) is 7.98. The molecule has 0 amide bonds. The number of rotatable bonds is 0. The maximum atomic E-state index is 2.37. The summed E-state index contributed by atoms with van der Waals surface area (Å²) in [4.78, 5) is 0. The third-order valence-electron chi connectivity index (χ3n) is 4.96. The van der Waals surface area contributed by atoms with E-state index in [2.05, 4.69) is 49.4 Å². The lowest BCUT2D eigenvalue weighted by Gasteiger charge is -2.26. The first-order valence-electron chi connectivity index (χ1n) is 7.03. The third kappa shape index (κ3) is 1.11. The van der Waals surface area contributed by atoms with E-state index in [0.717, 1.165) is 0 Å². The summed E-state index contributed by atoms with van der Waals surface area (Å²) < 4.78 is 0. The van der Waals surface area contributed by atoms with E-state index in [9.17, 15) is 0 Å². The Hall–Kier alpha value is -1.56. The molecular weight excluding hydrogens is 216 g/mol. The van der Waals surface area contributed by atoms with Crippen LogP contribution in [0.1, 0.15) is 42.4 Å². The smallest absolute Gasteiger partial charge is 0.0215 e. The van der Waals surface area contributed by atoms with Gasteiger partial charge in [-0.15, -0.1) is 0 Å². The second-order valence-corrected chi connectivity index (χ2v) is 5.83. The standard InChI is InChI=1S/C18H18/c1-13-7-6-10-16-17(13)14-8-2-3-9-15(14)18(16)11-4-5-12-18/h2-3,6-10H,4-5,11-12H2,1H3. The summed E-state index contributed by atoms with van der Waals surface area (Å²) >= 11 is 0. The minimum atomic E-state index is 0.345. The maximum absolute atomic E-state index is 2.37. The van der Waals surface area contributed by atoms with Crippen molar-refractivity contribution in [1.29, 1.82) is 0 Å². The summed E-state index contributed by atoms with van der Waals surface area (Å²) in [7, 11) is 0. The molecule has 0 N–H and O–H groups in total. The Balaban J connectivity index is 2.12. The van der Waals surface area contributed by atoms with E-state index in [1.165, 1.54) is 42.4 Å². The zero-order valence-electron chi connectivity index (χ0n) is 10.9. The van der Waals surface area contributed by atoms with Gasteiger partial charge >= 0.3 is 0 Å². The molecule has 0 aliphatic heterocycles. The Labute approximate surface area is 109 Å². The van der Waals surface area contributed by atoms with Crippen molar-refractivity contribution in [2.45, 2.75) is 38.0 Å². The van der Waals surface area contributed by atoms with Gasteiger partial charge in [-0.1, -0.05) is 55.3 Å². The summed E-state index contributed by atoms with van der Waals surface area (Å²) in [6.45, 7) is 2.25. The fourth-order valence-electron chi connectivity index (χ4n) is 4.20. The molecule has 2 aromatic carbocycles. The highest BCUT2D eigenvalue weighted by atomic mass is 14.5. The summed E-state index contributed by atoms with van der Waals surface area (Å²) in [6.07, 6.45) is 5.42. The molecule has 1 saturated carbocycles. The predicted octanol–water partition coefficient (Wildman–Crippen LogP) is 4.84. The van der Waals surface area contributed by atoms with E-state index < -0.39 is 0 Å². The molecular formula is C18H18. The maximum Gasteiger partial charge on any atom is 0.0215 e. The van der Waals surface area contributed by atoms with Crippen molar-refractivity contribution in [1.82, 2.24) is 0 Å². The quantitative estimate of drug-likeness (QED) is 0.612. The van der Waals surface area contributed by atoms with Crippen LogP contribution in [0.15, 0.2) is 42.5 Å². The highest BCUT2D eigenvalue weighted by Gasteiger charge is 2.44. The van der Waals surface area contributed by atoms with Crippen molar-refractivity contribution in [3.63, 3.8) is 0 Å². The zero-order valence-corrected chi connectivity index (χ0v) is 10.9. The van der Waals surface area contributed by atoms with Crippen LogP contribution in [0.4, 0.5) is 0 Å². The lowest BCUT2D eigenvalue weighted by atomic mass is 9.77. The number of benzene rings is 2. The van der Waals surface area contributed by atoms with Gasteiger partial charge in [0.25, 0.3) is 0 Å². The topological polar surface area (TPSA) is 0 Å². The van der Waals surface area contributed by atoms with Crippen LogP contribution in [0.5, 0.6) is 0 Å². The molecule has 0 unspecified atom stereocenters. The normalized spacial score (nSPS) is 18.9.